The summed E-state index contributed by atoms with van der Waals surface area (Å²) in [6, 6.07) is 12.1. The van der Waals surface area contributed by atoms with Crippen LogP contribution in [-0.2, 0) is 14.3 Å². The largest absolute Gasteiger partial charge is 0.455 e. The van der Waals surface area contributed by atoms with Gasteiger partial charge in [0.25, 0.3) is 11.1 Å². The molecular formula is C17H12Cl2N2O4S. The SMILES string of the molecule is O=C(COC(=O)CSc1nc2ccccc2o1)Nc1c(Cl)cccc1Cl. The van der Waals surface area contributed by atoms with Crippen LogP contribution in [0.3, 0.4) is 0 Å². The van der Waals surface area contributed by atoms with Crippen LogP contribution in [-0.4, -0.2) is 29.2 Å². The highest BCUT2D eigenvalue weighted by molar-refractivity contribution is 7.99. The lowest BCUT2D eigenvalue weighted by molar-refractivity contribution is -0.144. The van der Waals surface area contributed by atoms with Gasteiger partial charge in [0.2, 0.25) is 0 Å². The van der Waals surface area contributed by atoms with Crippen molar-refractivity contribution in [3.63, 3.8) is 0 Å². The molecule has 3 rings (SSSR count). The van der Waals surface area contributed by atoms with E-state index >= 15 is 0 Å². The molecule has 2 aromatic carbocycles. The van der Waals surface area contributed by atoms with Crippen LogP contribution in [0.2, 0.25) is 10.0 Å². The molecule has 0 fully saturated rings. The summed E-state index contributed by atoms with van der Waals surface area (Å²) < 4.78 is 10.4. The Kier molecular flexibility index (Phi) is 6.03. The number of hydrogen-bond acceptors (Lipinski definition) is 6. The monoisotopic (exact) mass is 410 g/mol. The number of aromatic nitrogens is 1. The maximum absolute atomic E-state index is 11.9. The first-order valence-electron chi connectivity index (χ1n) is 7.41. The van der Waals surface area contributed by atoms with E-state index in [1.165, 1.54) is 0 Å². The van der Waals surface area contributed by atoms with E-state index < -0.39 is 18.5 Å². The minimum atomic E-state index is -0.572. The molecule has 1 amide bonds. The summed E-state index contributed by atoms with van der Waals surface area (Å²) >= 11 is 13.0. The van der Waals surface area contributed by atoms with Crippen molar-refractivity contribution in [2.24, 2.45) is 0 Å². The molecule has 0 radical (unpaired) electrons. The van der Waals surface area contributed by atoms with Crippen LogP contribution in [0.4, 0.5) is 5.69 Å². The lowest BCUT2D eigenvalue weighted by Gasteiger charge is -2.09. The number of nitrogens with one attached hydrogen (secondary N) is 1. The van der Waals surface area contributed by atoms with Gasteiger partial charge in [-0.05, 0) is 24.3 Å². The summed E-state index contributed by atoms with van der Waals surface area (Å²) in [6.45, 7) is -0.450. The molecule has 0 aliphatic heterocycles. The third kappa shape index (κ3) is 4.69. The standard InChI is InChI=1S/C17H12Cl2N2O4S/c18-10-4-3-5-11(19)16(10)21-14(22)8-24-15(23)9-26-17-20-12-6-1-2-7-13(12)25-17/h1-7H,8-9H2,(H,21,22). The number of ether oxygens (including phenoxy) is 1. The van der Waals surface area contributed by atoms with Crippen LogP contribution in [0.15, 0.2) is 52.1 Å². The topological polar surface area (TPSA) is 81.4 Å². The average molecular weight is 411 g/mol. The van der Waals surface area contributed by atoms with Crippen molar-refractivity contribution in [1.82, 2.24) is 4.98 Å². The smallest absolute Gasteiger partial charge is 0.316 e. The summed E-state index contributed by atoms with van der Waals surface area (Å²) in [6.07, 6.45) is 0. The van der Waals surface area contributed by atoms with E-state index in [1.807, 2.05) is 18.2 Å². The van der Waals surface area contributed by atoms with Crippen LogP contribution < -0.4 is 5.32 Å². The lowest BCUT2D eigenvalue weighted by Crippen LogP contribution is -2.22. The minimum absolute atomic E-state index is 0.0348. The molecule has 134 valence electrons. The zero-order chi connectivity index (χ0) is 18.5. The normalized spacial score (nSPS) is 10.7. The van der Waals surface area contributed by atoms with Crippen LogP contribution in [0.1, 0.15) is 0 Å². The minimum Gasteiger partial charge on any atom is -0.455 e. The van der Waals surface area contributed by atoms with Crippen molar-refractivity contribution in [2.75, 3.05) is 17.7 Å². The van der Waals surface area contributed by atoms with E-state index in [2.05, 4.69) is 10.3 Å². The molecule has 3 aromatic rings. The molecule has 1 heterocycles. The first-order chi connectivity index (χ1) is 12.5. The van der Waals surface area contributed by atoms with Gasteiger partial charge in [0.05, 0.1) is 15.7 Å². The summed E-state index contributed by atoms with van der Waals surface area (Å²) in [7, 11) is 0. The molecule has 1 N–H and O–H groups in total. The van der Waals surface area contributed by atoms with Gasteiger partial charge in [0, 0.05) is 0 Å². The van der Waals surface area contributed by atoms with Crippen LogP contribution in [0.5, 0.6) is 0 Å². The number of thioether (sulfide) groups is 1. The number of oxazole rings is 1. The number of carbonyl (C=O) groups is 2. The zero-order valence-electron chi connectivity index (χ0n) is 13.2. The average Bonchev–Trinajstić information content (AvgIpc) is 3.04. The number of fused-ring (bicyclic) bond motifs is 1. The van der Waals surface area contributed by atoms with Gasteiger partial charge >= 0.3 is 5.97 Å². The molecule has 0 saturated carbocycles. The van der Waals surface area contributed by atoms with Crippen molar-refractivity contribution in [2.45, 2.75) is 5.22 Å². The van der Waals surface area contributed by atoms with Gasteiger partial charge in [-0.3, -0.25) is 9.59 Å². The number of para-hydroxylation sites is 3. The van der Waals surface area contributed by atoms with Gasteiger partial charge in [-0.15, -0.1) is 0 Å². The molecule has 0 saturated heterocycles. The molecule has 0 spiro atoms. The molecular weight excluding hydrogens is 399 g/mol. The predicted molar refractivity (Wildman–Crippen MR) is 101 cm³/mol. The molecule has 9 heteroatoms. The van der Waals surface area contributed by atoms with Gasteiger partial charge in [-0.25, -0.2) is 4.98 Å². The summed E-state index contributed by atoms with van der Waals surface area (Å²) in [5.74, 6) is -1.15. The molecule has 0 atom stereocenters. The van der Waals surface area contributed by atoms with Crippen molar-refractivity contribution in [3.05, 3.63) is 52.5 Å². The van der Waals surface area contributed by atoms with Gasteiger partial charge in [-0.1, -0.05) is 53.2 Å². The first kappa shape index (κ1) is 18.6. The van der Waals surface area contributed by atoms with E-state index in [1.54, 1.807) is 24.3 Å². The number of carbonyl (C=O) groups excluding carboxylic acids is 2. The second-order valence-corrected chi connectivity index (χ2v) is 6.78. The maximum Gasteiger partial charge on any atom is 0.316 e. The fraction of sp³-hybridized carbons (Fsp3) is 0.118. The third-order valence-corrected chi connectivity index (χ3v) is 4.61. The molecule has 1 aromatic heterocycles. The number of rotatable bonds is 6. The summed E-state index contributed by atoms with van der Waals surface area (Å²) in [4.78, 5) is 27.9. The van der Waals surface area contributed by atoms with Gasteiger partial charge < -0.3 is 14.5 Å². The van der Waals surface area contributed by atoms with E-state index in [-0.39, 0.29) is 11.4 Å². The number of hydrogen-bond donors (Lipinski definition) is 1. The van der Waals surface area contributed by atoms with Crippen LogP contribution in [0.25, 0.3) is 11.1 Å². The Labute approximate surface area is 162 Å². The Morgan fingerprint density at radius 1 is 1.12 bits per heavy atom. The Hall–Kier alpha value is -2.22. The third-order valence-electron chi connectivity index (χ3n) is 3.18. The Morgan fingerprint density at radius 2 is 1.85 bits per heavy atom. The molecule has 6 nitrogen and oxygen atoms in total. The van der Waals surface area contributed by atoms with Crippen molar-refractivity contribution in [1.29, 1.82) is 0 Å². The second-order valence-electron chi connectivity index (χ2n) is 5.04. The number of anilines is 1. The predicted octanol–water partition coefficient (Wildman–Crippen LogP) is 4.41. The van der Waals surface area contributed by atoms with Crippen LogP contribution in [0, 0.1) is 0 Å². The highest BCUT2D eigenvalue weighted by Gasteiger charge is 2.13. The fourth-order valence-electron chi connectivity index (χ4n) is 2.01. The molecule has 0 aliphatic carbocycles. The molecule has 0 aliphatic rings. The quantitative estimate of drug-likeness (QED) is 0.478. The zero-order valence-corrected chi connectivity index (χ0v) is 15.5. The highest BCUT2D eigenvalue weighted by Crippen LogP contribution is 2.29. The van der Waals surface area contributed by atoms with E-state index in [9.17, 15) is 9.59 Å². The first-order valence-corrected chi connectivity index (χ1v) is 9.15. The van der Waals surface area contributed by atoms with Gasteiger partial charge in [-0.2, -0.15) is 0 Å². The van der Waals surface area contributed by atoms with Crippen LogP contribution >= 0.6 is 35.0 Å². The second kappa shape index (κ2) is 8.44. The molecule has 26 heavy (non-hydrogen) atoms. The Morgan fingerprint density at radius 3 is 2.58 bits per heavy atom. The van der Waals surface area contributed by atoms with E-state index in [0.717, 1.165) is 11.8 Å². The fourth-order valence-corrected chi connectivity index (χ4v) is 3.14. The number of esters is 1. The van der Waals surface area contributed by atoms with Crippen molar-refractivity contribution < 1.29 is 18.7 Å². The van der Waals surface area contributed by atoms with Gasteiger partial charge in [0.15, 0.2) is 12.2 Å². The lowest BCUT2D eigenvalue weighted by atomic mass is 10.3. The maximum atomic E-state index is 11.9. The summed E-state index contributed by atoms with van der Waals surface area (Å²) in [5, 5.41) is 3.45. The Bertz CT molecular complexity index is 908. The number of halogens is 2. The van der Waals surface area contributed by atoms with E-state index in [4.69, 9.17) is 32.4 Å². The van der Waals surface area contributed by atoms with Gasteiger partial charge in [0.1, 0.15) is 11.3 Å². The molecule has 0 bridgehead atoms. The highest BCUT2D eigenvalue weighted by atomic mass is 35.5. The number of benzene rings is 2. The van der Waals surface area contributed by atoms with Crippen molar-refractivity contribution in [3.8, 4) is 0 Å². The van der Waals surface area contributed by atoms with E-state index in [0.29, 0.717) is 26.4 Å². The number of amides is 1. The molecule has 0 unspecified atom stereocenters. The van der Waals surface area contributed by atoms with Crippen molar-refractivity contribution >= 4 is 63.6 Å². The number of nitrogens with zero attached hydrogens (tertiary/aromatic N) is 1. The Balaban J connectivity index is 1.47. The summed E-state index contributed by atoms with van der Waals surface area (Å²) in [5.41, 5.74) is 1.62.